The second kappa shape index (κ2) is 7.55. The quantitative estimate of drug-likeness (QED) is 0.705. The molecule has 0 atom stereocenters. The van der Waals surface area contributed by atoms with E-state index >= 15 is 0 Å². The molecule has 2 aromatic rings. The van der Waals surface area contributed by atoms with Crippen LogP contribution >= 0.6 is 0 Å². The van der Waals surface area contributed by atoms with Gasteiger partial charge in [-0.1, -0.05) is 17.7 Å². The van der Waals surface area contributed by atoms with Crippen LogP contribution in [0.4, 0.5) is 38.0 Å². The Balaban J connectivity index is 2.06. The normalized spacial score (nSPS) is 15.0. The van der Waals surface area contributed by atoms with Gasteiger partial charge in [-0.25, -0.2) is 4.98 Å². The zero-order chi connectivity index (χ0) is 21.6. The lowest BCUT2D eigenvalue weighted by Crippen LogP contribution is -2.32. The highest BCUT2D eigenvalue weighted by Crippen LogP contribution is 2.39. The van der Waals surface area contributed by atoms with Crippen molar-refractivity contribution >= 4 is 11.6 Å². The maximum absolute atomic E-state index is 13.6. The summed E-state index contributed by atoms with van der Waals surface area (Å²) in [6.45, 7) is 4.51. The maximum atomic E-state index is 13.6. The predicted molar refractivity (Wildman–Crippen MR) is 97.3 cm³/mol. The summed E-state index contributed by atoms with van der Waals surface area (Å²) in [6.07, 6.45) is -8.71. The smallest absolute Gasteiger partial charge is 0.312 e. The molecule has 0 saturated heterocycles. The fraction of sp³-hybridized carbons (Fsp3) is 0.526. The number of rotatable bonds is 4. The molecule has 1 N–H and O–H groups in total. The summed E-state index contributed by atoms with van der Waals surface area (Å²) < 4.78 is 79.5. The first kappa shape index (κ1) is 21.5. The first-order chi connectivity index (χ1) is 13.4. The standard InChI is InChI=1S/C19H22F6N4/c1-11-7-12(2)15(13(3)8-11)29-6-4-5-28-14(9-26-10-18(20,21)22)16(19(23,24)25)27-17(28)29/h7-8,26H,4-6,9-10H2,1-3H3. The third-order valence-corrected chi connectivity index (χ3v) is 4.85. The van der Waals surface area contributed by atoms with Crippen molar-refractivity contribution in [2.24, 2.45) is 0 Å². The van der Waals surface area contributed by atoms with Crippen LogP contribution in [-0.2, 0) is 19.3 Å². The molecule has 0 aliphatic carbocycles. The van der Waals surface area contributed by atoms with Crippen LogP contribution in [0.2, 0.25) is 0 Å². The van der Waals surface area contributed by atoms with Gasteiger partial charge in [0, 0.05) is 25.3 Å². The van der Waals surface area contributed by atoms with Gasteiger partial charge in [-0.05, 0) is 38.3 Å². The van der Waals surface area contributed by atoms with Crippen LogP contribution in [0.25, 0.3) is 0 Å². The van der Waals surface area contributed by atoms with Gasteiger partial charge in [-0.3, -0.25) is 0 Å². The molecule has 1 aliphatic rings. The van der Waals surface area contributed by atoms with Crippen molar-refractivity contribution in [3.05, 3.63) is 40.2 Å². The second-order valence-electron chi connectivity index (χ2n) is 7.33. The minimum atomic E-state index is -4.76. The zero-order valence-electron chi connectivity index (χ0n) is 16.3. The third-order valence-electron chi connectivity index (χ3n) is 4.85. The van der Waals surface area contributed by atoms with Crippen LogP contribution in [0.5, 0.6) is 0 Å². The lowest BCUT2D eigenvalue weighted by Gasteiger charge is -2.32. The fourth-order valence-electron chi connectivity index (χ4n) is 3.94. The topological polar surface area (TPSA) is 33.1 Å². The number of aryl methyl sites for hydroxylation is 3. The lowest BCUT2D eigenvalue weighted by molar-refractivity contribution is -0.141. The van der Waals surface area contributed by atoms with Crippen LogP contribution in [0.3, 0.4) is 0 Å². The van der Waals surface area contributed by atoms with E-state index in [0.717, 1.165) is 22.4 Å². The molecule has 1 aromatic heterocycles. The molecule has 0 saturated carbocycles. The summed E-state index contributed by atoms with van der Waals surface area (Å²) in [5.41, 5.74) is 2.22. The van der Waals surface area contributed by atoms with Gasteiger partial charge in [0.15, 0.2) is 5.69 Å². The largest absolute Gasteiger partial charge is 0.435 e. The summed E-state index contributed by atoms with van der Waals surface area (Å²) in [7, 11) is 0. The van der Waals surface area contributed by atoms with Crippen LogP contribution < -0.4 is 10.2 Å². The molecule has 3 rings (SSSR count). The summed E-state index contributed by atoms with van der Waals surface area (Å²) in [5, 5.41) is 2.07. The number of nitrogens with zero attached hydrogens (tertiary/aromatic N) is 3. The first-order valence-corrected chi connectivity index (χ1v) is 9.18. The Labute approximate surface area is 164 Å². The maximum Gasteiger partial charge on any atom is 0.435 e. The number of aromatic nitrogens is 2. The molecule has 29 heavy (non-hydrogen) atoms. The Morgan fingerprint density at radius 2 is 1.62 bits per heavy atom. The van der Waals surface area contributed by atoms with Crippen LogP contribution in [0.1, 0.15) is 34.5 Å². The molecular formula is C19H22F6N4. The molecule has 2 heterocycles. The molecule has 4 nitrogen and oxygen atoms in total. The minimum absolute atomic E-state index is 0.113. The summed E-state index contributed by atoms with van der Waals surface area (Å²) in [4.78, 5) is 5.57. The number of benzene rings is 1. The van der Waals surface area contributed by atoms with E-state index in [-0.39, 0.29) is 18.2 Å². The predicted octanol–water partition coefficient (Wildman–Crippen LogP) is 5.02. The van der Waals surface area contributed by atoms with E-state index in [4.69, 9.17) is 0 Å². The molecule has 0 amide bonds. The molecule has 0 spiro atoms. The highest BCUT2D eigenvalue weighted by Gasteiger charge is 2.41. The highest BCUT2D eigenvalue weighted by molar-refractivity contribution is 5.68. The molecule has 10 heteroatoms. The fourth-order valence-corrected chi connectivity index (χ4v) is 3.94. The van der Waals surface area contributed by atoms with Gasteiger partial charge < -0.3 is 14.8 Å². The Morgan fingerprint density at radius 1 is 1.00 bits per heavy atom. The number of halogens is 6. The third kappa shape index (κ3) is 4.52. The van der Waals surface area contributed by atoms with Gasteiger partial charge in [0.2, 0.25) is 5.95 Å². The van der Waals surface area contributed by atoms with Crippen LogP contribution in [0, 0.1) is 20.8 Å². The molecule has 0 unspecified atom stereocenters. The van der Waals surface area contributed by atoms with Gasteiger partial charge >= 0.3 is 12.4 Å². The number of hydrogen-bond donors (Lipinski definition) is 1. The number of nitrogens with one attached hydrogen (secondary N) is 1. The Kier molecular flexibility index (Phi) is 5.59. The van der Waals surface area contributed by atoms with E-state index in [1.807, 2.05) is 32.9 Å². The van der Waals surface area contributed by atoms with Crippen molar-refractivity contribution in [2.45, 2.75) is 52.6 Å². The van der Waals surface area contributed by atoms with Crippen molar-refractivity contribution in [2.75, 3.05) is 18.0 Å². The number of fused-ring (bicyclic) bond motifs is 1. The minimum Gasteiger partial charge on any atom is -0.312 e. The van der Waals surface area contributed by atoms with Gasteiger partial charge in [-0.15, -0.1) is 0 Å². The van der Waals surface area contributed by atoms with Crippen molar-refractivity contribution in [1.29, 1.82) is 0 Å². The lowest BCUT2D eigenvalue weighted by atomic mass is 10.0. The Bertz CT molecular complexity index is 874. The zero-order valence-corrected chi connectivity index (χ0v) is 16.3. The summed E-state index contributed by atoms with van der Waals surface area (Å²) >= 11 is 0. The molecular weight excluding hydrogens is 398 g/mol. The van der Waals surface area contributed by atoms with Crippen molar-refractivity contribution in [3.8, 4) is 0 Å². The molecule has 160 valence electrons. The van der Waals surface area contributed by atoms with Crippen molar-refractivity contribution in [1.82, 2.24) is 14.9 Å². The number of hydrogen-bond acceptors (Lipinski definition) is 3. The van der Waals surface area contributed by atoms with E-state index in [1.165, 1.54) is 4.57 Å². The number of anilines is 2. The van der Waals surface area contributed by atoms with E-state index in [2.05, 4.69) is 10.3 Å². The molecule has 0 bridgehead atoms. The monoisotopic (exact) mass is 420 g/mol. The first-order valence-electron chi connectivity index (χ1n) is 9.18. The van der Waals surface area contributed by atoms with Crippen molar-refractivity contribution < 1.29 is 26.3 Å². The van der Waals surface area contributed by atoms with Crippen molar-refractivity contribution in [3.63, 3.8) is 0 Å². The Hall–Kier alpha value is -2.23. The van der Waals surface area contributed by atoms with Crippen LogP contribution in [0.15, 0.2) is 12.1 Å². The average molecular weight is 420 g/mol. The molecule has 0 fully saturated rings. The average Bonchev–Trinajstić information content (AvgIpc) is 2.93. The molecule has 1 aliphatic heterocycles. The van der Waals surface area contributed by atoms with Gasteiger partial charge in [-0.2, -0.15) is 26.3 Å². The van der Waals surface area contributed by atoms with Gasteiger partial charge in [0.05, 0.1) is 12.2 Å². The van der Waals surface area contributed by atoms with Gasteiger partial charge in [0.25, 0.3) is 0 Å². The van der Waals surface area contributed by atoms with Crippen LogP contribution in [-0.4, -0.2) is 28.8 Å². The molecule has 0 radical (unpaired) electrons. The SMILES string of the molecule is Cc1cc(C)c(N2CCCn3c2nc(C(F)(F)F)c3CNCC(F)(F)F)c(C)c1. The number of alkyl halides is 6. The van der Waals surface area contributed by atoms with E-state index < -0.39 is 31.1 Å². The highest BCUT2D eigenvalue weighted by atomic mass is 19.4. The Morgan fingerprint density at radius 3 is 2.17 bits per heavy atom. The molecule has 1 aromatic carbocycles. The summed E-state index contributed by atoms with van der Waals surface area (Å²) in [5.74, 6) is 0.113. The van der Waals surface area contributed by atoms with E-state index in [9.17, 15) is 26.3 Å². The van der Waals surface area contributed by atoms with E-state index in [1.54, 1.807) is 4.90 Å². The van der Waals surface area contributed by atoms with E-state index in [0.29, 0.717) is 13.0 Å². The second-order valence-corrected chi connectivity index (χ2v) is 7.33. The number of imidazole rings is 1. The van der Waals surface area contributed by atoms with Gasteiger partial charge in [0.1, 0.15) is 0 Å². The summed E-state index contributed by atoms with van der Waals surface area (Å²) in [6, 6.07) is 3.89.